The Morgan fingerprint density at radius 2 is 2.00 bits per heavy atom. The summed E-state index contributed by atoms with van der Waals surface area (Å²) in [4.78, 5) is 16.9. The quantitative estimate of drug-likeness (QED) is 0.795. The van der Waals surface area contributed by atoms with Gasteiger partial charge in [-0.05, 0) is 37.3 Å². The molecule has 140 valence electrons. The molecule has 6 nitrogen and oxygen atoms in total. The average molecular weight is 356 g/mol. The van der Waals surface area contributed by atoms with Gasteiger partial charge in [0.25, 0.3) is 0 Å². The van der Waals surface area contributed by atoms with Crippen molar-refractivity contribution in [3.05, 3.63) is 47.6 Å². The third-order valence-corrected chi connectivity index (χ3v) is 5.33. The third-order valence-electron chi connectivity index (χ3n) is 5.33. The largest absolute Gasteiger partial charge is 0.346 e. The lowest BCUT2D eigenvalue weighted by atomic mass is 9.71. The first kappa shape index (κ1) is 18.6. The number of nitrogens with zero attached hydrogens (tertiary/aromatic N) is 2. The van der Waals surface area contributed by atoms with E-state index in [1.54, 1.807) is 0 Å². The molecule has 1 aromatic carbocycles. The molecule has 1 aliphatic rings. The number of amides is 1. The maximum absolute atomic E-state index is 12.5. The van der Waals surface area contributed by atoms with Gasteiger partial charge in [0.2, 0.25) is 11.8 Å². The fraction of sp³-hybridized carbons (Fsp3) is 0.550. The Bertz CT molecular complexity index is 708. The first-order valence-corrected chi connectivity index (χ1v) is 9.46. The molecule has 0 bridgehead atoms. The zero-order chi connectivity index (χ0) is 18.4. The number of hydrogen-bond donors (Lipinski definition) is 2. The molecule has 26 heavy (non-hydrogen) atoms. The highest BCUT2D eigenvalue weighted by molar-refractivity contribution is 5.77. The van der Waals surface area contributed by atoms with Crippen LogP contribution in [0.5, 0.6) is 0 Å². The normalized spacial score (nSPS) is 17.6. The minimum Gasteiger partial charge on any atom is -0.346 e. The van der Waals surface area contributed by atoms with Crippen LogP contribution in [0, 0.1) is 5.41 Å². The molecule has 2 aromatic rings. The second-order valence-electron chi connectivity index (χ2n) is 7.44. The third kappa shape index (κ3) is 4.69. The molecule has 1 atom stereocenters. The molecule has 6 heteroatoms. The van der Waals surface area contributed by atoms with Crippen molar-refractivity contribution in [1.82, 2.24) is 15.5 Å². The monoisotopic (exact) mass is 356 g/mol. The lowest BCUT2D eigenvalue weighted by Crippen LogP contribution is -2.39. The Kier molecular flexibility index (Phi) is 6.04. The number of hydrogen-bond acceptors (Lipinski definition) is 5. The van der Waals surface area contributed by atoms with E-state index in [-0.39, 0.29) is 17.4 Å². The number of nitrogens with two attached hydrogens (primary N) is 1. The molecule has 1 aromatic heterocycles. The van der Waals surface area contributed by atoms with Crippen LogP contribution in [-0.4, -0.2) is 22.6 Å². The van der Waals surface area contributed by atoms with Gasteiger partial charge in [-0.3, -0.25) is 4.79 Å². The summed E-state index contributed by atoms with van der Waals surface area (Å²) in [5.74, 6) is 1.08. The molecule has 0 spiro atoms. The van der Waals surface area contributed by atoms with Crippen LogP contribution in [0.4, 0.5) is 0 Å². The summed E-state index contributed by atoms with van der Waals surface area (Å²) in [6, 6.07) is 9.69. The molecule has 1 fully saturated rings. The van der Waals surface area contributed by atoms with E-state index in [2.05, 4.69) is 15.5 Å². The molecule has 0 aliphatic heterocycles. The SMILES string of the molecule is CC(NC(=O)CC1(CN)CCCCC1)c1noc(Cc2ccccc2)n1. The van der Waals surface area contributed by atoms with E-state index < -0.39 is 0 Å². The van der Waals surface area contributed by atoms with E-state index in [9.17, 15) is 4.79 Å². The Balaban J connectivity index is 1.56. The van der Waals surface area contributed by atoms with Crippen molar-refractivity contribution in [2.45, 2.75) is 57.9 Å². The highest BCUT2D eigenvalue weighted by Gasteiger charge is 2.33. The molecule has 3 rings (SSSR count). The van der Waals surface area contributed by atoms with Crippen LogP contribution in [-0.2, 0) is 11.2 Å². The molecule has 1 amide bonds. The molecule has 0 radical (unpaired) electrons. The average Bonchev–Trinajstić information content (AvgIpc) is 3.12. The van der Waals surface area contributed by atoms with Gasteiger partial charge in [-0.2, -0.15) is 4.98 Å². The van der Waals surface area contributed by atoms with Crippen LogP contribution in [0.1, 0.15) is 68.8 Å². The number of carbonyl (C=O) groups excluding carboxylic acids is 1. The van der Waals surface area contributed by atoms with Gasteiger partial charge in [-0.1, -0.05) is 54.8 Å². The maximum Gasteiger partial charge on any atom is 0.231 e. The molecule has 1 saturated carbocycles. The van der Waals surface area contributed by atoms with Crippen LogP contribution < -0.4 is 11.1 Å². The predicted octanol–water partition coefficient (Wildman–Crippen LogP) is 3.14. The summed E-state index contributed by atoms with van der Waals surface area (Å²) in [7, 11) is 0. The number of benzene rings is 1. The number of aromatic nitrogens is 2. The lowest BCUT2D eigenvalue weighted by molar-refractivity contribution is -0.124. The fourth-order valence-electron chi connectivity index (χ4n) is 3.74. The summed E-state index contributed by atoms with van der Waals surface area (Å²) in [5, 5.41) is 7.02. The molecule has 3 N–H and O–H groups in total. The zero-order valence-electron chi connectivity index (χ0n) is 15.4. The standard InChI is InChI=1S/C20H28N4O2/c1-15(22-17(25)13-20(14-21)10-6-3-7-11-20)19-23-18(26-24-19)12-16-8-4-2-5-9-16/h2,4-5,8-9,15H,3,6-7,10-14,21H2,1H3,(H,22,25). The van der Waals surface area contributed by atoms with Crippen molar-refractivity contribution < 1.29 is 9.32 Å². The van der Waals surface area contributed by atoms with Gasteiger partial charge in [0.15, 0.2) is 5.82 Å². The smallest absolute Gasteiger partial charge is 0.231 e. The first-order valence-electron chi connectivity index (χ1n) is 9.46. The van der Waals surface area contributed by atoms with E-state index >= 15 is 0 Å². The van der Waals surface area contributed by atoms with E-state index in [1.807, 2.05) is 37.3 Å². The Morgan fingerprint density at radius 1 is 1.27 bits per heavy atom. The van der Waals surface area contributed by atoms with Gasteiger partial charge in [-0.25, -0.2) is 0 Å². The van der Waals surface area contributed by atoms with E-state index in [0.717, 1.165) is 31.2 Å². The summed E-state index contributed by atoms with van der Waals surface area (Å²) in [5.41, 5.74) is 7.05. The van der Waals surface area contributed by atoms with Crippen LogP contribution in [0.15, 0.2) is 34.9 Å². The van der Waals surface area contributed by atoms with Gasteiger partial charge in [-0.15, -0.1) is 0 Å². The molecule has 0 saturated heterocycles. The van der Waals surface area contributed by atoms with E-state index in [4.69, 9.17) is 10.3 Å². The second kappa shape index (κ2) is 8.45. The summed E-state index contributed by atoms with van der Waals surface area (Å²) in [6.07, 6.45) is 6.70. The minimum absolute atomic E-state index is 0.0132. The van der Waals surface area contributed by atoms with Gasteiger partial charge in [0.1, 0.15) is 0 Å². The van der Waals surface area contributed by atoms with Crippen LogP contribution in [0.2, 0.25) is 0 Å². The first-order chi connectivity index (χ1) is 12.6. The van der Waals surface area contributed by atoms with Crippen molar-refractivity contribution in [3.63, 3.8) is 0 Å². The van der Waals surface area contributed by atoms with E-state index in [1.165, 1.54) is 6.42 Å². The second-order valence-corrected chi connectivity index (χ2v) is 7.44. The Morgan fingerprint density at radius 3 is 2.69 bits per heavy atom. The fourth-order valence-corrected chi connectivity index (χ4v) is 3.74. The topological polar surface area (TPSA) is 94.0 Å². The lowest BCUT2D eigenvalue weighted by Gasteiger charge is -2.35. The van der Waals surface area contributed by atoms with Crippen molar-refractivity contribution in [3.8, 4) is 0 Å². The van der Waals surface area contributed by atoms with Crippen LogP contribution >= 0.6 is 0 Å². The molecule has 1 heterocycles. The maximum atomic E-state index is 12.5. The van der Waals surface area contributed by atoms with Crippen LogP contribution in [0.25, 0.3) is 0 Å². The van der Waals surface area contributed by atoms with Crippen molar-refractivity contribution in [1.29, 1.82) is 0 Å². The zero-order valence-corrected chi connectivity index (χ0v) is 15.4. The summed E-state index contributed by atoms with van der Waals surface area (Å²) < 4.78 is 5.33. The Hall–Kier alpha value is -2.21. The highest BCUT2D eigenvalue weighted by Crippen LogP contribution is 2.38. The van der Waals surface area contributed by atoms with Gasteiger partial charge < -0.3 is 15.6 Å². The Labute approximate surface area is 154 Å². The van der Waals surface area contributed by atoms with Crippen molar-refractivity contribution in [2.24, 2.45) is 11.1 Å². The van der Waals surface area contributed by atoms with E-state index in [0.29, 0.717) is 31.1 Å². The van der Waals surface area contributed by atoms with Crippen molar-refractivity contribution >= 4 is 5.91 Å². The summed E-state index contributed by atoms with van der Waals surface area (Å²) in [6.45, 7) is 2.45. The number of carbonyl (C=O) groups is 1. The number of rotatable bonds is 7. The molecular weight excluding hydrogens is 328 g/mol. The number of nitrogens with one attached hydrogen (secondary N) is 1. The molecular formula is C20H28N4O2. The predicted molar refractivity (Wildman–Crippen MR) is 99.3 cm³/mol. The molecule has 1 aliphatic carbocycles. The molecule has 1 unspecified atom stereocenters. The van der Waals surface area contributed by atoms with Gasteiger partial charge in [0, 0.05) is 6.42 Å². The van der Waals surface area contributed by atoms with Crippen molar-refractivity contribution in [2.75, 3.05) is 6.54 Å². The van der Waals surface area contributed by atoms with Gasteiger partial charge >= 0.3 is 0 Å². The summed E-state index contributed by atoms with van der Waals surface area (Å²) >= 11 is 0. The van der Waals surface area contributed by atoms with Gasteiger partial charge in [0.05, 0.1) is 12.5 Å². The van der Waals surface area contributed by atoms with Crippen LogP contribution in [0.3, 0.4) is 0 Å². The minimum atomic E-state index is -0.283. The highest BCUT2D eigenvalue weighted by atomic mass is 16.5.